The van der Waals surface area contributed by atoms with E-state index in [-0.39, 0.29) is 0 Å². The van der Waals surface area contributed by atoms with Gasteiger partial charge in [-0.25, -0.2) is 10.2 Å². The molecule has 0 radical (unpaired) electrons. The highest BCUT2D eigenvalue weighted by atomic mass is 16.5. The van der Waals surface area contributed by atoms with E-state index >= 15 is 0 Å². The summed E-state index contributed by atoms with van der Waals surface area (Å²) >= 11 is 0. The number of hydrogen-bond donors (Lipinski definition) is 2. The summed E-state index contributed by atoms with van der Waals surface area (Å²) in [6.07, 6.45) is 3.18. The van der Waals surface area contributed by atoms with Crippen molar-refractivity contribution in [3.8, 4) is 11.5 Å². The fraction of sp³-hybridized carbons (Fsp3) is 0.111. The number of ether oxygens (including phenoxy) is 2. The third-order valence-corrected chi connectivity index (χ3v) is 2.96. The molecule has 2 amide bonds. The first kappa shape index (κ1) is 17.1. The Morgan fingerprint density at radius 1 is 1.21 bits per heavy atom. The molecule has 0 aromatic heterocycles. The van der Waals surface area contributed by atoms with E-state index < -0.39 is 6.03 Å². The Hall–Kier alpha value is -3.28. The lowest BCUT2D eigenvalue weighted by atomic mass is 10.2. The second-order valence-electron chi connectivity index (χ2n) is 4.70. The summed E-state index contributed by atoms with van der Waals surface area (Å²) in [5, 5.41) is 6.57. The van der Waals surface area contributed by atoms with Gasteiger partial charge in [0.15, 0.2) is 11.5 Å². The third kappa shape index (κ3) is 5.17. The summed E-state index contributed by atoms with van der Waals surface area (Å²) in [7, 11) is 1.56. The molecule has 0 aliphatic rings. The zero-order valence-electron chi connectivity index (χ0n) is 13.4. The molecule has 0 aliphatic heterocycles. The number of amides is 2. The molecule has 0 atom stereocenters. The van der Waals surface area contributed by atoms with Crippen molar-refractivity contribution in [3.63, 3.8) is 0 Å². The number of hydrazone groups is 1. The van der Waals surface area contributed by atoms with Gasteiger partial charge in [-0.15, -0.1) is 0 Å². The number of urea groups is 1. The van der Waals surface area contributed by atoms with Crippen molar-refractivity contribution in [1.82, 2.24) is 5.43 Å². The number of anilines is 1. The molecule has 0 spiro atoms. The van der Waals surface area contributed by atoms with Gasteiger partial charge in [-0.1, -0.05) is 30.9 Å². The quantitative estimate of drug-likeness (QED) is 0.465. The van der Waals surface area contributed by atoms with Crippen LogP contribution in [0.15, 0.2) is 66.3 Å². The van der Waals surface area contributed by atoms with E-state index in [9.17, 15) is 4.79 Å². The lowest BCUT2D eigenvalue weighted by molar-refractivity contribution is 0.252. The lowest BCUT2D eigenvalue weighted by Gasteiger charge is -2.09. The van der Waals surface area contributed by atoms with E-state index in [1.165, 1.54) is 6.21 Å². The maximum atomic E-state index is 11.7. The standard InChI is InChI=1S/C18H19N3O3/c1-3-11-24-16-10-9-14(12-17(16)23-2)13-19-21-18(22)20-15-7-5-4-6-8-15/h3-10,12-13H,1,11H2,2H3,(H2,20,21,22)/b19-13-. The number of methoxy groups -OCH3 is 1. The second-order valence-corrected chi connectivity index (χ2v) is 4.70. The molecule has 2 aromatic carbocycles. The van der Waals surface area contributed by atoms with Crippen molar-refractivity contribution < 1.29 is 14.3 Å². The predicted molar refractivity (Wildman–Crippen MR) is 94.9 cm³/mol. The molecule has 0 fully saturated rings. The topological polar surface area (TPSA) is 72.0 Å². The summed E-state index contributed by atoms with van der Waals surface area (Å²) < 4.78 is 10.7. The van der Waals surface area contributed by atoms with Crippen LogP contribution < -0.4 is 20.2 Å². The fourth-order valence-electron chi connectivity index (χ4n) is 1.88. The van der Waals surface area contributed by atoms with Crippen molar-refractivity contribution in [3.05, 3.63) is 66.7 Å². The number of carbonyl (C=O) groups excluding carboxylic acids is 1. The van der Waals surface area contributed by atoms with Gasteiger partial charge in [-0.3, -0.25) is 0 Å². The lowest BCUT2D eigenvalue weighted by Crippen LogP contribution is -2.24. The van der Waals surface area contributed by atoms with Crippen LogP contribution in [0, 0.1) is 0 Å². The van der Waals surface area contributed by atoms with Crippen LogP contribution in [-0.2, 0) is 0 Å². The molecule has 0 unspecified atom stereocenters. The van der Waals surface area contributed by atoms with Gasteiger partial charge in [0.2, 0.25) is 0 Å². The van der Waals surface area contributed by atoms with Crippen LogP contribution in [0.3, 0.4) is 0 Å². The smallest absolute Gasteiger partial charge is 0.339 e. The molecule has 124 valence electrons. The first-order chi connectivity index (χ1) is 11.7. The SMILES string of the molecule is C=CCOc1ccc(/C=N\NC(=O)Nc2ccccc2)cc1OC. The van der Waals surface area contributed by atoms with Crippen LogP contribution >= 0.6 is 0 Å². The summed E-state index contributed by atoms with van der Waals surface area (Å²) in [4.78, 5) is 11.7. The number of nitrogens with one attached hydrogen (secondary N) is 2. The molecule has 2 aromatic rings. The van der Waals surface area contributed by atoms with Crippen LogP contribution in [0.2, 0.25) is 0 Å². The highest BCUT2D eigenvalue weighted by Gasteiger charge is 2.04. The van der Waals surface area contributed by atoms with E-state index in [1.807, 2.05) is 18.2 Å². The second kappa shape index (κ2) is 8.99. The molecule has 2 N–H and O–H groups in total. The van der Waals surface area contributed by atoms with E-state index in [4.69, 9.17) is 9.47 Å². The average molecular weight is 325 g/mol. The number of benzene rings is 2. The van der Waals surface area contributed by atoms with Gasteiger partial charge >= 0.3 is 6.03 Å². The van der Waals surface area contributed by atoms with Gasteiger partial charge in [0, 0.05) is 5.69 Å². The van der Waals surface area contributed by atoms with E-state index in [2.05, 4.69) is 22.4 Å². The van der Waals surface area contributed by atoms with Crippen molar-refractivity contribution in [1.29, 1.82) is 0 Å². The molecule has 0 saturated carbocycles. The highest BCUT2D eigenvalue weighted by molar-refractivity contribution is 5.90. The monoisotopic (exact) mass is 325 g/mol. The first-order valence-electron chi connectivity index (χ1n) is 7.29. The minimum Gasteiger partial charge on any atom is -0.493 e. The maximum Gasteiger partial charge on any atom is 0.339 e. The van der Waals surface area contributed by atoms with Crippen LogP contribution in [-0.4, -0.2) is 26.0 Å². The molecule has 6 heteroatoms. The molecule has 0 heterocycles. The van der Waals surface area contributed by atoms with Gasteiger partial charge in [0.1, 0.15) is 6.61 Å². The Morgan fingerprint density at radius 3 is 2.71 bits per heavy atom. The van der Waals surface area contributed by atoms with Gasteiger partial charge in [0.05, 0.1) is 13.3 Å². The normalized spacial score (nSPS) is 10.2. The van der Waals surface area contributed by atoms with Crippen molar-refractivity contribution in [2.75, 3.05) is 19.0 Å². The molecular formula is C18H19N3O3. The minimum absolute atomic E-state index is 0.394. The summed E-state index contributed by atoms with van der Waals surface area (Å²) in [5.74, 6) is 1.19. The molecule has 2 rings (SSSR count). The number of para-hydroxylation sites is 1. The molecule has 0 aliphatic carbocycles. The zero-order chi connectivity index (χ0) is 17.2. The van der Waals surface area contributed by atoms with Crippen LogP contribution in [0.25, 0.3) is 0 Å². The van der Waals surface area contributed by atoms with E-state index in [1.54, 1.807) is 43.5 Å². The Balaban J connectivity index is 1.93. The summed E-state index contributed by atoms with van der Waals surface area (Å²) in [5.41, 5.74) is 3.85. The molecular weight excluding hydrogens is 306 g/mol. The van der Waals surface area contributed by atoms with Gasteiger partial charge in [-0.2, -0.15) is 5.10 Å². The Bertz CT molecular complexity index is 715. The van der Waals surface area contributed by atoms with E-state index in [0.717, 1.165) is 5.56 Å². The van der Waals surface area contributed by atoms with Crippen LogP contribution in [0.4, 0.5) is 10.5 Å². The number of rotatable bonds is 7. The third-order valence-electron chi connectivity index (χ3n) is 2.96. The van der Waals surface area contributed by atoms with E-state index in [0.29, 0.717) is 23.8 Å². The van der Waals surface area contributed by atoms with Gasteiger partial charge in [-0.05, 0) is 35.9 Å². The summed E-state index contributed by atoms with van der Waals surface area (Å²) in [6.45, 7) is 4.00. The number of hydrogen-bond acceptors (Lipinski definition) is 4. The fourth-order valence-corrected chi connectivity index (χ4v) is 1.88. The Kier molecular flexibility index (Phi) is 6.40. The van der Waals surface area contributed by atoms with Gasteiger partial charge in [0.25, 0.3) is 0 Å². The molecule has 24 heavy (non-hydrogen) atoms. The Morgan fingerprint density at radius 2 is 2.00 bits per heavy atom. The number of carbonyl (C=O) groups is 1. The molecule has 6 nitrogen and oxygen atoms in total. The minimum atomic E-state index is -0.421. The highest BCUT2D eigenvalue weighted by Crippen LogP contribution is 2.27. The maximum absolute atomic E-state index is 11.7. The number of nitrogens with zero attached hydrogens (tertiary/aromatic N) is 1. The first-order valence-corrected chi connectivity index (χ1v) is 7.29. The molecule has 0 saturated heterocycles. The van der Waals surface area contributed by atoms with Gasteiger partial charge < -0.3 is 14.8 Å². The zero-order valence-corrected chi connectivity index (χ0v) is 13.4. The molecule has 0 bridgehead atoms. The van der Waals surface area contributed by atoms with Crippen LogP contribution in [0.1, 0.15) is 5.56 Å². The largest absolute Gasteiger partial charge is 0.493 e. The van der Waals surface area contributed by atoms with Crippen molar-refractivity contribution in [2.24, 2.45) is 5.10 Å². The Labute approximate surface area is 140 Å². The van der Waals surface area contributed by atoms with Crippen molar-refractivity contribution >= 4 is 17.9 Å². The summed E-state index contributed by atoms with van der Waals surface area (Å²) in [6, 6.07) is 14.0. The van der Waals surface area contributed by atoms with Crippen LogP contribution in [0.5, 0.6) is 11.5 Å². The van der Waals surface area contributed by atoms with Crippen molar-refractivity contribution in [2.45, 2.75) is 0 Å². The predicted octanol–water partition coefficient (Wildman–Crippen LogP) is 3.42. The average Bonchev–Trinajstić information content (AvgIpc) is 2.61.